The molecule has 1 aliphatic carbocycles. The summed E-state index contributed by atoms with van der Waals surface area (Å²) in [4.78, 5) is 4.12. The van der Waals surface area contributed by atoms with Gasteiger partial charge in [0, 0.05) is 25.0 Å². The first kappa shape index (κ1) is 13.5. The minimum absolute atomic E-state index is 0.653. The average molecular weight is 246 g/mol. The minimum Gasteiger partial charge on any atom is -0.313 e. The third-order valence-corrected chi connectivity index (χ3v) is 4.07. The molecule has 0 spiro atoms. The second-order valence-electron chi connectivity index (χ2n) is 5.51. The smallest absolute Gasteiger partial charge is 0.0270 e. The standard InChI is InChI=1S/C16H26N2/c1-2-6-15(14-9-11-17-12-10-14)13-18-16-7-4-3-5-8-16/h9-12,15-16,18H,2-8,13H2,1H3. The monoisotopic (exact) mass is 246 g/mol. The zero-order valence-electron chi connectivity index (χ0n) is 11.6. The van der Waals surface area contributed by atoms with Crippen LogP contribution in [0.25, 0.3) is 0 Å². The molecule has 1 unspecified atom stereocenters. The lowest BCUT2D eigenvalue weighted by atomic mass is 9.92. The van der Waals surface area contributed by atoms with Gasteiger partial charge in [-0.2, -0.15) is 0 Å². The molecule has 2 rings (SSSR count). The Hall–Kier alpha value is -0.890. The highest BCUT2D eigenvalue weighted by molar-refractivity contribution is 5.16. The highest BCUT2D eigenvalue weighted by atomic mass is 14.9. The van der Waals surface area contributed by atoms with Crippen LogP contribution in [0, 0.1) is 0 Å². The fourth-order valence-electron chi connectivity index (χ4n) is 2.99. The number of hydrogen-bond acceptors (Lipinski definition) is 2. The Morgan fingerprint density at radius 1 is 1.22 bits per heavy atom. The molecule has 1 N–H and O–H groups in total. The van der Waals surface area contributed by atoms with Crippen molar-refractivity contribution in [3.05, 3.63) is 30.1 Å². The van der Waals surface area contributed by atoms with Gasteiger partial charge in [-0.3, -0.25) is 4.98 Å². The summed E-state index contributed by atoms with van der Waals surface area (Å²) in [5.41, 5.74) is 1.44. The largest absolute Gasteiger partial charge is 0.313 e. The molecule has 0 bridgehead atoms. The van der Waals surface area contributed by atoms with Gasteiger partial charge in [-0.25, -0.2) is 0 Å². The Bertz CT molecular complexity index is 317. The van der Waals surface area contributed by atoms with Gasteiger partial charge in [-0.15, -0.1) is 0 Å². The second kappa shape index (κ2) is 7.52. The maximum Gasteiger partial charge on any atom is 0.0270 e. The van der Waals surface area contributed by atoms with E-state index in [0.29, 0.717) is 5.92 Å². The molecular weight excluding hydrogens is 220 g/mol. The maximum absolute atomic E-state index is 4.12. The van der Waals surface area contributed by atoms with Gasteiger partial charge in [0.2, 0.25) is 0 Å². The zero-order chi connectivity index (χ0) is 12.6. The van der Waals surface area contributed by atoms with Gasteiger partial charge < -0.3 is 5.32 Å². The summed E-state index contributed by atoms with van der Waals surface area (Å²) in [7, 11) is 0. The van der Waals surface area contributed by atoms with Crippen molar-refractivity contribution in [1.29, 1.82) is 0 Å². The Morgan fingerprint density at radius 3 is 2.61 bits per heavy atom. The SMILES string of the molecule is CCCC(CNC1CCCCC1)c1ccncc1. The van der Waals surface area contributed by atoms with Gasteiger partial charge in [0.1, 0.15) is 0 Å². The molecule has 0 radical (unpaired) electrons. The zero-order valence-corrected chi connectivity index (χ0v) is 11.6. The molecule has 1 fully saturated rings. The normalized spacial score (nSPS) is 18.7. The molecule has 1 aromatic heterocycles. The van der Waals surface area contributed by atoms with Crippen molar-refractivity contribution in [2.24, 2.45) is 0 Å². The molecule has 2 nitrogen and oxygen atoms in total. The quantitative estimate of drug-likeness (QED) is 0.823. The molecule has 0 saturated heterocycles. The lowest BCUT2D eigenvalue weighted by Crippen LogP contribution is -2.34. The number of nitrogens with zero attached hydrogens (tertiary/aromatic N) is 1. The van der Waals surface area contributed by atoms with E-state index < -0.39 is 0 Å². The minimum atomic E-state index is 0.653. The molecule has 1 aromatic rings. The molecule has 1 atom stereocenters. The van der Waals surface area contributed by atoms with E-state index in [0.717, 1.165) is 12.6 Å². The summed E-state index contributed by atoms with van der Waals surface area (Å²) >= 11 is 0. The van der Waals surface area contributed by atoms with E-state index in [2.05, 4.69) is 29.4 Å². The average Bonchev–Trinajstić information content (AvgIpc) is 2.45. The Morgan fingerprint density at radius 2 is 1.94 bits per heavy atom. The maximum atomic E-state index is 4.12. The molecule has 18 heavy (non-hydrogen) atoms. The van der Waals surface area contributed by atoms with Crippen LogP contribution in [0.3, 0.4) is 0 Å². The van der Waals surface area contributed by atoms with Gasteiger partial charge in [0.05, 0.1) is 0 Å². The molecule has 1 saturated carbocycles. The van der Waals surface area contributed by atoms with Gasteiger partial charge >= 0.3 is 0 Å². The summed E-state index contributed by atoms with van der Waals surface area (Å²) in [6.45, 7) is 3.40. The van der Waals surface area contributed by atoms with Crippen LogP contribution >= 0.6 is 0 Å². The Kier molecular flexibility index (Phi) is 5.66. The Labute approximate surface area is 111 Å². The van der Waals surface area contributed by atoms with E-state index in [1.165, 1.54) is 50.5 Å². The van der Waals surface area contributed by atoms with Crippen LogP contribution in [0.1, 0.15) is 63.4 Å². The van der Waals surface area contributed by atoms with Crippen molar-refractivity contribution in [2.75, 3.05) is 6.54 Å². The van der Waals surface area contributed by atoms with Crippen molar-refractivity contribution in [3.63, 3.8) is 0 Å². The molecule has 1 aliphatic rings. The summed E-state index contributed by atoms with van der Waals surface area (Å²) in [5.74, 6) is 0.653. The molecule has 0 aliphatic heterocycles. The van der Waals surface area contributed by atoms with Crippen molar-refractivity contribution in [3.8, 4) is 0 Å². The summed E-state index contributed by atoms with van der Waals surface area (Å²) < 4.78 is 0. The molecule has 2 heteroatoms. The van der Waals surface area contributed by atoms with Crippen LogP contribution in [0.5, 0.6) is 0 Å². The third-order valence-electron chi connectivity index (χ3n) is 4.07. The first-order valence-electron chi connectivity index (χ1n) is 7.53. The van der Waals surface area contributed by atoms with Crippen LogP contribution in [-0.2, 0) is 0 Å². The molecule has 1 heterocycles. The second-order valence-corrected chi connectivity index (χ2v) is 5.51. The number of nitrogens with one attached hydrogen (secondary N) is 1. The topological polar surface area (TPSA) is 24.9 Å². The van der Waals surface area contributed by atoms with Crippen LogP contribution in [-0.4, -0.2) is 17.6 Å². The van der Waals surface area contributed by atoms with Crippen molar-refractivity contribution < 1.29 is 0 Å². The van der Waals surface area contributed by atoms with E-state index in [4.69, 9.17) is 0 Å². The first-order valence-corrected chi connectivity index (χ1v) is 7.53. The van der Waals surface area contributed by atoms with Crippen LogP contribution in [0.2, 0.25) is 0 Å². The third kappa shape index (κ3) is 4.09. The summed E-state index contributed by atoms with van der Waals surface area (Å²) in [5, 5.41) is 3.78. The van der Waals surface area contributed by atoms with E-state index in [9.17, 15) is 0 Å². The van der Waals surface area contributed by atoms with Crippen LogP contribution in [0.15, 0.2) is 24.5 Å². The number of rotatable bonds is 6. The number of aromatic nitrogens is 1. The van der Waals surface area contributed by atoms with Gasteiger partial charge in [0.15, 0.2) is 0 Å². The van der Waals surface area contributed by atoms with E-state index in [-0.39, 0.29) is 0 Å². The Balaban J connectivity index is 1.86. The van der Waals surface area contributed by atoms with Crippen LogP contribution in [0.4, 0.5) is 0 Å². The van der Waals surface area contributed by atoms with Gasteiger partial charge in [-0.1, -0.05) is 32.6 Å². The van der Waals surface area contributed by atoms with Crippen LogP contribution < -0.4 is 5.32 Å². The van der Waals surface area contributed by atoms with Gasteiger partial charge in [0.25, 0.3) is 0 Å². The highest BCUT2D eigenvalue weighted by Crippen LogP contribution is 2.22. The van der Waals surface area contributed by atoms with Gasteiger partial charge in [-0.05, 0) is 42.9 Å². The lowest BCUT2D eigenvalue weighted by Gasteiger charge is -2.26. The summed E-state index contributed by atoms with van der Waals surface area (Å²) in [6.07, 6.45) is 13.3. The molecule has 0 aromatic carbocycles. The number of hydrogen-bond donors (Lipinski definition) is 1. The van der Waals surface area contributed by atoms with Crippen molar-refractivity contribution >= 4 is 0 Å². The van der Waals surface area contributed by atoms with Crippen molar-refractivity contribution in [1.82, 2.24) is 10.3 Å². The summed E-state index contributed by atoms with van der Waals surface area (Å²) in [6, 6.07) is 5.10. The molecule has 0 amide bonds. The van der Waals surface area contributed by atoms with E-state index in [1.54, 1.807) is 0 Å². The first-order chi connectivity index (χ1) is 8.90. The number of pyridine rings is 1. The molecular formula is C16H26N2. The van der Waals surface area contributed by atoms with E-state index in [1.807, 2.05) is 12.4 Å². The molecule has 100 valence electrons. The predicted molar refractivity (Wildman–Crippen MR) is 76.8 cm³/mol. The predicted octanol–water partition coefficient (Wildman–Crippen LogP) is 3.89. The van der Waals surface area contributed by atoms with E-state index >= 15 is 0 Å². The fourth-order valence-corrected chi connectivity index (χ4v) is 2.99. The fraction of sp³-hybridized carbons (Fsp3) is 0.688. The highest BCUT2D eigenvalue weighted by Gasteiger charge is 2.16. The van der Waals surface area contributed by atoms with Crippen molar-refractivity contribution in [2.45, 2.75) is 63.8 Å². The lowest BCUT2D eigenvalue weighted by molar-refractivity contribution is 0.361.